The highest BCUT2D eigenvalue weighted by atomic mass is 15.3. The largest absolute Gasteiger partial charge is 0.307 e. The summed E-state index contributed by atoms with van der Waals surface area (Å²) in [7, 11) is 2.01. The second-order valence-corrected chi connectivity index (χ2v) is 6.56. The molecule has 2 rings (SSSR count). The van der Waals surface area contributed by atoms with E-state index in [2.05, 4.69) is 38.1 Å². The number of nitrogens with one attached hydrogen (secondary N) is 1. The predicted molar refractivity (Wildman–Crippen MR) is 80.1 cm³/mol. The smallest absolute Gasteiger partial charge is 0.0540 e. The molecule has 0 spiro atoms. The molecule has 3 atom stereocenters. The summed E-state index contributed by atoms with van der Waals surface area (Å²) in [4.78, 5) is 0. The molecule has 3 nitrogen and oxygen atoms in total. The van der Waals surface area contributed by atoms with Crippen LogP contribution >= 0.6 is 0 Å². The Morgan fingerprint density at radius 3 is 2.63 bits per heavy atom. The number of hydrogen-bond donors (Lipinski definition) is 1. The number of aromatic nitrogens is 2. The average Bonchev–Trinajstić information content (AvgIpc) is 2.70. The van der Waals surface area contributed by atoms with E-state index in [9.17, 15) is 0 Å². The van der Waals surface area contributed by atoms with Gasteiger partial charge in [0.25, 0.3) is 0 Å². The molecular formula is C16H29N3. The highest BCUT2D eigenvalue weighted by Gasteiger charge is 2.25. The first-order chi connectivity index (χ1) is 8.99. The van der Waals surface area contributed by atoms with Gasteiger partial charge in [-0.05, 0) is 38.5 Å². The third-order valence-corrected chi connectivity index (χ3v) is 4.88. The van der Waals surface area contributed by atoms with Crippen molar-refractivity contribution >= 4 is 0 Å². The molecule has 3 unspecified atom stereocenters. The van der Waals surface area contributed by atoms with Crippen LogP contribution in [0.5, 0.6) is 0 Å². The minimum Gasteiger partial charge on any atom is -0.307 e. The van der Waals surface area contributed by atoms with Crippen molar-refractivity contribution in [1.82, 2.24) is 15.1 Å². The van der Waals surface area contributed by atoms with Gasteiger partial charge < -0.3 is 5.32 Å². The lowest BCUT2D eigenvalue weighted by molar-refractivity contribution is 0.222. The van der Waals surface area contributed by atoms with Crippen LogP contribution in [0.3, 0.4) is 0 Å². The summed E-state index contributed by atoms with van der Waals surface area (Å²) in [5, 5.41) is 8.17. The zero-order valence-electron chi connectivity index (χ0n) is 13.1. The molecule has 1 aliphatic carbocycles. The fourth-order valence-corrected chi connectivity index (χ4v) is 3.37. The van der Waals surface area contributed by atoms with Crippen molar-refractivity contribution in [3.05, 3.63) is 17.5 Å². The molecule has 0 amide bonds. The molecule has 1 heterocycles. The van der Waals surface area contributed by atoms with Gasteiger partial charge in [0, 0.05) is 30.4 Å². The standard InChI is InChI=1S/C16H29N3/c1-11(2)14-7-6-8-15(9-14)18-12(3)16-10-17-19(5)13(16)4/h10-12,14-15,18H,6-9H2,1-5H3. The molecule has 0 radical (unpaired) electrons. The molecule has 0 saturated heterocycles. The summed E-state index contributed by atoms with van der Waals surface area (Å²) in [6.07, 6.45) is 7.46. The third kappa shape index (κ3) is 3.38. The Hall–Kier alpha value is -0.830. The van der Waals surface area contributed by atoms with E-state index in [0.29, 0.717) is 12.1 Å². The number of hydrogen-bond acceptors (Lipinski definition) is 2. The molecule has 1 N–H and O–H groups in total. The second-order valence-electron chi connectivity index (χ2n) is 6.56. The van der Waals surface area contributed by atoms with E-state index in [-0.39, 0.29) is 0 Å². The lowest BCUT2D eigenvalue weighted by Crippen LogP contribution is -2.37. The summed E-state index contributed by atoms with van der Waals surface area (Å²) < 4.78 is 1.96. The number of aryl methyl sites for hydroxylation is 1. The molecule has 108 valence electrons. The van der Waals surface area contributed by atoms with E-state index in [0.717, 1.165) is 11.8 Å². The number of rotatable bonds is 4. The van der Waals surface area contributed by atoms with E-state index in [1.807, 2.05) is 17.9 Å². The molecule has 1 fully saturated rings. The molecule has 1 aromatic heterocycles. The normalized spacial score (nSPS) is 25.8. The van der Waals surface area contributed by atoms with Gasteiger partial charge in [-0.15, -0.1) is 0 Å². The molecule has 0 aliphatic heterocycles. The fourth-order valence-electron chi connectivity index (χ4n) is 3.37. The van der Waals surface area contributed by atoms with E-state index < -0.39 is 0 Å². The van der Waals surface area contributed by atoms with Crippen LogP contribution in [0, 0.1) is 18.8 Å². The topological polar surface area (TPSA) is 29.9 Å². The summed E-state index contributed by atoms with van der Waals surface area (Å²) in [5.74, 6) is 1.72. The summed E-state index contributed by atoms with van der Waals surface area (Å²) in [6, 6.07) is 1.08. The number of nitrogens with zero attached hydrogens (tertiary/aromatic N) is 2. The van der Waals surface area contributed by atoms with Crippen LogP contribution in [0.2, 0.25) is 0 Å². The maximum absolute atomic E-state index is 4.35. The third-order valence-electron chi connectivity index (χ3n) is 4.88. The van der Waals surface area contributed by atoms with Crippen molar-refractivity contribution in [2.75, 3.05) is 0 Å². The molecule has 1 saturated carbocycles. The van der Waals surface area contributed by atoms with Crippen molar-refractivity contribution in [2.24, 2.45) is 18.9 Å². The van der Waals surface area contributed by atoms with Crippen molar-refractivity contribution in [3.8, 4) is 0 Å². The molecule has 1 aromatic rings. The Balaban J connectivity index is 1.95. The van der Waals surface area contributed by atoms with E-state index in [1.165, 1.54) is 36.9 Å². The zero-order chi connectivity index (χ0) is 14.0. The van der Waals surface area contributed by atoms with Gasteiger partial charge in [-0.2, -0.15) is 5.10 Å². The van der Waals surface area contributed by atoms with Gasteiger partial charge in [0.15, 0.2) is 0 Å². The van der Waals surface area contributed by atoms with Crippen LogP contribution in [-0.2, 0) is 7.05 Å². The molecular weight excluding hydrogens is 234 g/mol. The molecule has 3 heteroatoms. The highest BCUT2D eigenvalue weighted by molar-refractivity contribution is 5.19. The Morgan fingerprint density at radius 2 is 2.05 bits per heavy atom. The SMILES string of the molecule is Cc1c(C(C)NC2CCCC(C(C)C)C2)cnn1C. The van der Waals surface area contributed by atoms with E-state index in [1.54, 1.807) is 0 Å². The van der Waals surface area contributed by atoms with Crippen LogP contribution in [0.25, 0.3) is 0 Å². The van der Waals surface area contributed by atoms with Crippen LogP contribution in [0.1, 0.15) is 63.8 Å². The maximum atomic E-state index is 4.35. The summed E-state index contributed by atoms with van der Waals surface area (Å²) >= 11 is 0. The molecule has 0 aromatic carbocycles. The van der Waals surface area contributed by atoms with Gasteiger partial charge in [0.05, 0.1) is 6.20 Å². The van der Waals surface area contributed by atoms with Gasteiger partial charge in [0.1, 0.15) is 0 Å². The maximum Gasteiger partial charge on any atom is 0.0540 e. The summed E-state index contributed by atoms with van der Waals surface area (Å²) in [6.45, 7) is 9.14. The molecule has 19 heavy (non-hydrogen) atoms. The lowest BCUT2D eigenvalue weighted by Gasteiger charge is -2.34. The monoisotopic (exact) mass is 263 g/mol. The van der Waals surface area contributed by atoms with E-state index in [4.69, 9.17) is 0 Å². The molecule has 1 aliphatic rings. The van der Waals surface area contributed by atoms with Crippen molar-refractivity contribution in [3.63, 3.8) is 0 Å². The van der Waals surface area contributed by atoms with Crippen molar-refractivity contribution < 1.29 is 0 Å². The van der Waals surface area contributed by atoms with Crippen molar-refractivity contribution in [2.45, 2.75) is 65.5 Å². The van der Waals surface area contributed by atoms with Crippen LogP contribution in [0.15, 0.2) is 6.20 Å². The van der Waals surface area contributed by atoms with Crippen LogP contribution < -0.4 is 5.32 Å². The van der Waals surface area contributed by atoms with Crippen LogP contribution in [-0.4, -0.2) is 15.8 Å². The minimum absolute atomic E-state index is 0.407. The van der Waals surface area contributed by atoms with Crippen molar-refractivity contribution in [1.29, 1.82) is 0 Å². The lowest BCUT2D eigenvalue weighted by atomic mass is 9.79. The van der Waals surface area contributed by atoms with Crippen LogP contribution in [0.4, 0.5) is 0 Å². The van der Waals surface area contributed by atoms with Gasteiger partial charge in [-0.25, -0.2) is 0 Å². The average molecular weight is 263 g/mol. The van der Waals surface area contributed by atoms with Gasteiger partial charge in [0.2, 0.25) is 0 Å². The molecule has 0 bridgehead atoms. The quantitative estimate of drug-likeness (QED) is 0.899. The first-order valence-corrected chi connectivity index (χ1v) is 7.73. The Labute approximate surface area is 117 Å². The van der Waals surface area contributed by atoms with E-state index >= 15 is 0 Å². The van der Waals surface area contributed by atoms with Gasteiger partial charge in [-0.3, -0.25) is 4.68 Å². The first kappa shape index (κ1) is 14.6. The minimum atomic E-state index is 0.407. The predicted octanol–water partition coefficient (Wildman–Crippen LogP) is 3.59. The second kappa shape index (κ2) is 6.08. The van der Waals surface area contributed by atoms with Gasteiger partial charge >= 0.3 is 0 Å². The Bertz CT molecular complexity index is 408. The Kier molecular flexibility index (Phi) is 4.67. The van der Waals surface area contributed by atoms with Gasteiger partial charge in [-0.1, -0.05) is 26.7 Å². The zero-order valence-corrected chi connectivity index (χ0v) is 13.1. The fraction of sp³-hybridized carbons (Fsp3) is 0.812. The highest BCUT2D eigenvalue weighted by Crippen LogP contribution is 2.31. The Morgan fingerprint density at radius 1 is 1.32 bits per heavy atom. The first-order valence-electron chi connectivity index (χ1n) is 7.73. The summed E-state index contributed by atoms with van der Waals surface area (Å²) in [5.41, 5.74) is 2.62.